The van der Waals surface area contributed by atoms with E-state index in [4.69, 9.17) is 28.4 Å². The molecule has 5 aliphatic rings. The number of phenols is 1. The first-order valence-electron chi connectivity index (χ1n) is 24.3. The number of aliphatic carboxylic acids is 2. The number of benzene rings is 2. The summed E-state index contributed by atoms with van der Waals surface area (Å²) in [5, 5.41) is 32.4. The van der Waals surface area contributed by atoms with E-state index in [2.05, 4.69) is 17.9 Å². The summed E-state index contributed by atoms with van der Waals surface area (Å²) in [5.41, 5.74) is -2.67. The number of allylic oxidation sites excluding steroid dienone is 5. The first-order valence-corrected chi connectivity index (χ1v) is 24.3. The third kappa shape index (κ3) is 11.9. The van der Waals surface area contributed by atoms with Gasteiger partial charge < -0.3 is 43.7 Å². The van der Waals surface area contributed by atoms with E-state index in [1.165, 1.54) is 18.6 Å². The number of ether oxygens (including phenoxy) is 6. The second kappa shape index (κ2) is 23.2. The smallest absolute Gasteiger partial charge is 0.340 e. The van der Waals surface area contributed by atoms with E-state index in [0.717, 1.165) is 88.8 Å². The van der Waals surface area contributed by atoms with E-state index in [1.807, 2.05) is 71.0 Å². The van der Waals surface area contributed by atoms with Gasteiger partial charge in [-0.15, -0.1) is 12.4 Å². The highest BCUT2D eigenvalue weighted by molar-refractivity contribution is 6.17. The second-order valence-corrected chi connectivity index (χ2v) is 19.8. The van der Waals surface area contributed by atoms with Crippen LogP contribution in [0.5, 0.6) is 28.7 Å². The van der Waals surface area contributed by atoms with Crippen molar-refractivity contribution in [3.63, 3.8) is 0 Å². The van der Waals surface area contributed by atoms with E-state index in [1.54, 1.807) is 26.0 Å². The van der Waals surface area contributed by atoms with Crippen molar-refractivity contribution in [1.29, 1.82) is 0 Å². The third-order valence-electron chi connectivity index (χ3n) is 13.6. The molecule has 2 aromatic carbocycles. The van der Waals surface area contributed by atoms with Crippen molar-refractivity contribution in [2.75, 3.05) is 46.1 Å². The van der Waals surface area contributed by atoms with Gasteiger partial charge in [-0.25, -0.2) is 9.59 Å². The topological polar surface area (TPSA) is 171 Å². The van der Waals surface area contributed by atoms with Gasteiger partial charge in [0.05, 0.1) is 37.6 Å². The fraction of sp³-hybridized carbons (Fsp3) is 0.545. The third-order valence-corrected chi connectivity index (χ3v) is 13.6. The lowest BCUT2D eigenvalue weighted by molar-refractivity contribution is -0.184. The van der Waals surface area contributed by atoms with Crippen LogP contribution in [0.2, 0.25) is 0 Å². The van der Waals surface area contributed by atoms with Crippen molar-refractivity contribution in [1.82, 2.24) is 4.90 Å². The molecule has 0 bridgehead atoms. The van der Waals surface area contributed by atoms with Gasteiger partial charge in [-0.3, -0.25) is 9.69 Å². The molecule has 3 N–H and O–H groups in total. The van der Waals surface area contributed by atoms with Crippen molar-refractivity contribution in [3.05, 3.63) is 93.6 Å². The minimum atomic E-state index is -2.16. The highest BCUT2D eigenvalue weighted by Gasteiger charge is 2.77. The molecule has 4 atom stereocenters. The monoisotopic (exact) mass is 975 g/mol. The zero-order valence-corrected chi connectivity index (χ0v) is 42.9. The van der Waals surface area contributed by atoms with Crippen LogP contribution in [-0.2, 0) is 25.5 Å². The van der Waals surface area contributed by atoms with Gasteiger partial charge in [0, 0.05) is 48.7 Å². The number of carboxylic acid groups (broad SMARTS) is 2. The van der Waals surface area contributed by atoms with Gasteiger partial charge in [0.1, 0.15) is 39.9 Å². The molecule has 2 fully saturated rings. The van der Waals surface area contributed by atoms with E-state index in [-0.39, 0.29) is 47.0 Å². The number of halogens is 1. The molecule has 0 amide bonds. The van der Waals surface area contributed by atoms with Crippen molar-refractivity contribution in [3.8, 4) is 28.7 Å². The molecule has 2 aromatic rings. The molecule has 13 nitrogen and oxygen atoms in total. The Hall–Kier alpha value is -5.08. The summed E-state index contributed by atoms with van der Waals surface area (Å²) in [6, 6.07) is 7.92. The highest BCUT2D eigenvalue weighted by Crippen LogP contribution is 2.64. The van der Waals surface area contributed by atoms with Crippen LogP contribution < -0.4 is 18.9 Å². The van der Waals surface area contributed by atoms with Crippen molar-refractivity contribution in [2.45, 2.75) is 143 Å². The Morgan fingerprint density at radius 3 is 2.12 bits per heavy atom. The van der Waals surface area contributed by atoms with E-state index in [9.17, 15) is 29.7 Å². The summed E-state index contributed by atoms with van der Waals surface area (Å²) < 4.78 is 37.0. The van der Waals surface area contributed by atoms with Crippen LogP contribution >= 0.6 is 12.4 Å². The number of Topliss-reactive ketones (excluding diaryl/α,β-unsaturated/α-hetero) is 1. The van der Waals surface area contributed by atoms with Crippen LogP contribution in [0.4, 0.5) is 0 Å². The number of ketones is 1. The van der Waals surface area contributed by atoms with Gasteiger partial charge in [-0.1, -0.05) is 48.8 Å². The molecule has 0 saturated carbocycles. The molecule has 0 radical (unpaired) electrons. The number of fused-ring (bicyclic) bond motifs is 2. The Balaban J connectivity index is 0.000000338. The van der Waals surface area contributed by atoms with Gasteiger partial charge >= 0.3 is 11.9 Å². The van der Waals surface area contributed by atoms with Crippen LogP contribution in [0.25, 0.3) is 6.08 Å². The molecule has 2 saturated heterocycles. The molecular weight excluding hydrogens is 902 g/mol. The number of rotatable bonds is 18. The van der Waals surface area contributed by atoms with E-state index >= 15 is 0 Å². The first kappa shape index (κ1) is 54.9. The summed E-state index contributed by atoms with van der Waals surface area (Å²) >= 11 is 0. The Morgan fingerprint density at radius 2 is 1.52 bits per heavy atom. The molecular formula is C55H74ClNO12. The number of carbonyl (C=O) groups is 3. The zero-order chi connectivity index (χ0) is 49.4. The average Bonchev–Trinajstić information content (AvgIpc) is 3.50. The lowest BCUT2D eigenvalue weighted by Gasteiger charge is -2.50. The van der Waals surface area contributed by atoms with Crippen LogP contribution in [0.15, 0.2) is 76.9 Å². The van der Waals surface area contributed by atoms with Crippen LogP contribution in [0.3, 0.4) is 0 Å². The Bertz CT molecular complexity index is 2330. The molecule has 1 aliphatic carbocycles. The highest BCUT2D eigenvalue weighted by atomic mass is 35.5. The van der Waals surface area contributed by atoms with Crippen LogP contribution in [0, 0.1) is 5.92 Å². The number of carbonyl (C=O) groups excluding carboxylic acids is 1. The second-order valence-electron chi connectivity index (χ2n) is 19.8. The molecule has 378 valence electrons. The van der Waals surface area contributed by atoms with E-state index < -0.39 is 46.0 Å². The fourth-order valence-electron chi connectivity index (χ4n) is 9.93. The lowest BCUT2D eigenvalue weighted by Crippen LogP contribution is -2.66. The number of morpholine rings is 1. The summed E-state index contributed by atoms with van der Waals surface area (Å²) in [6.45, 7) is 23.5. The minimum Gasteiger partial charge on any atom is -0.506 e. The molecule has 0 aromatic heterocycles. The van der Waals surface area contributed by atoms with Crippen LogP contribution in [0.1, 0.15) is 135 Å². The largest absolute Gasteiger partial charge is 0.506 e. The van der Waals surface area contributed by atoms with Crippen molar-refractivity contribution >= 4 is 36.2 Å². The maximum absolute atomic E-state index is 14.7. The first-order chi connectivity index (χ1) is 32.3. The molecule has 4 unspecified atom stereocenters. The van der Waals surface area contributed by atoms with Gasteiger partial charge in [-0.05, 0) is 137 Å². The number of unbranched alkanes of at least 4 members (excludes halogenated alkanes) is 1. The van der Waals surface area contributed by atoms with Gasteiger partial charge in [0.2, 0.25) is 5.60 Å². The predicted molar refractivity (Wildman–Crippen MR) is 269 cm³/mol. The quantitative estimate of drug-likeness (QED) is 0.0733. The molecule has 7 rings (SSSR count). The maximum Gasteiger partial charge on any atom is 0.340 e. The van der Waals surface area contributed by atoms with Crippen molar-refractivity contribution in [2.24, 2.45) is 5.92 Å². The molecule has 4 aliphatic heterocycles. The molecule has 69 heavy (non-hydrogen) atoms. The number of phenolic OH excluding ortho intramolecular Hbond substituents is 1. The fourth-order valence-corrected chi connectivity index (χ4v) is 9.93. The Labute approximate surface area is 414 Å². The average molecular weight is 977 g/mol. The summed E-state index contributed by atoms with van der Waals surface area (Å²) in [6.07, 6.45) is 16.4. The maximum atomic E-state index is 14.7. The number of carboxylic acids is 2. The summed E-state index contributed by atoms with van der Waals surface area (Å²) in [5.74, 6) is -1.69. The normalized spacial score (nSPS) is 24.2. The zero-order valence-electron chi connectivity index (χ0n) is 42.0. The molecule has 4 heterocycles. The molecule has 1 spiro atoms. The lowest BCUT2D eigenvalue weighted by atomic mass is 9.60. The standard InChI is InChI=1S/C38H46O9.C17H27NO3.ClH/c1-21(2)11-10-18-36(8)19-17-24-29(39)28-30(40)26-12-9-13-27-35(6,7)47-37(34(43)44,20-16-23(5)33(41)42)38(26,27)46-32(28)25(31(24)45-36)15-14-22(3)4;1-2-3-12-20-16-5-7-17(8-6-16)21-13-4-9-18-10-14-19-15-11-18;/h11-12,14,16-17,19,27,39H,9-10,13,15,18,20H2,1-8H3,(H,41,42)(H,43,44);5-8H,2-4,9-15H2,1H3;1H. The SMILES string of the molecule is CC(C)=CCCC1(C)C=Cc2c(O)c3c(c(CC=C(C)C)c2O1)OC12C(=CCCC1C(C)(C)OC2(CC=C(C)C(=O)O)C(=O)O)C3=O.CCCCOc1ccc(OCCCN2CCOCC2)cc1.Cl. The molecule has 14 heteroatoms. The van der Waals surface area contributed by atoms with Gasteiger partial charge in [0.15, 0.2) is 11.4 Å². The summed E-state index contributed by atoms with van der Waals surface area (Å²) in [4.78, 5) is 42.5. The van der Waals surface area contributed by atoms with Gasteiger partial charge in [-0.2, -0.15) is 0 Å². The predicted octanol–water partition coefficient (Wildman–Crippen LogP) is 10.9. The Kier molecular flexibility index (Phi) is 18.5. The number of nitrogens with zero attached hydrogens (tertiary/aromatic N) is 1. The van der Waals surface area contributed by atoms with Crippen molar-refractivity contribution < 1.29 is 58.1 Å². The van der Waals surface area contributed by atoms with E-state index in [0.29, 0.717) is 42.6 Å². The summed E-state index contributed by atoms with van der Waals surface area (Å²) in [7, 11) is 0. The van der Waals surface area contributed by atoms with Crippen LogP contribution in [-0.4, -0.2) is 106 Å². The number of hydrogen-bond acceptors (Lipinski definition) is 11. The number of hydrogen-bond donors (Lipinski definition) is 3. The number of aromatic hydroxyl groups is 1. The van der Waals surface area contributed by atoms with Gasteiger partial charge in [0.25, 0.3) is 0 Å². The minimum absolute atomic E-state index is 0. The Morgan fingerprint density at radius 1 is 0.884 bits per heavy atom.